The summed E-state index contributed by atoms with van der Waals surface area (Å²) in [4.78, 5) is 4.91. The normalized spacial score (nSPS) is 14.6. The fourth-order valence-corrected chi connectivity index (χ4v) is 12.5. The number of para-hydroxylation sites is 2. The molecule has 0 aliphatic heterocycles. The van der Waals surface area contributed by atoms with Gasteiger partial charge >= 0.3 is 0 Å². The molecule has 2 heteroatoms. The first-order valence-electron chi connectivity index (χ1n) is 26.6. The molecular weight excluding hydrogens is 869 g/mol. The van der Waals surface area contributed by atoms with Crippen LogP contribution in [-0.2, 0) is 0 Å². The zero-order valence-electron chi connectivity index (χ0n) is 41.1. The van der Waals surface area contributed by atoms with E-state index in [0.717, 1.165) is 22.7 Å². The van der Waals surface area contributed by atoms with E-state index in [1.807, 2.05) is 0 Å². The van der Waals surface area contributed by atoms with Crippen LogP contribution in [0.15, 0.2) is 231 Å². The summed E-state index contributed by atoms with van der Waals surface area (Å²) in [5.41, 5.74) is 14.7. The van der Waals surface area contributed by atoms with Crippen molar-refractivity contribution in [1.82, 2.24) is 0 Å². The fourth-order valence-electron chi connectivity index (χ4n) is 12.5. The highest BCUT2D eigenvalue weighted by atomic mass is 15.1. The molecule has 2 fully saturated rings. The third-order valence-corrected chi connectivity index (χ3v) is 16.2. The first-order valence-corrected chi connectivity index (χ1v) is 26.6. The molecular formula is C70H60N2. The van der Waals surface area contributed by atoms with Crippen LogP contribution < -0.4 is 9.80 Å². The maximum Gasteiger partial charge on any atom is 0.0468 e. The molecule has 0 radical (unpaired) electrons. The number of hydrogen-bond donors (Lipinski definition) is 0. The number of hydrogen-bond acceptors (Lipinski definition) is 2. The Hall–Kier alpha value is -7.94. The van der Waals surface area contributed by atoms with Gasteiger partial charge in [-0.3, -0.25) is 0 Å². The Morgan fingerprint density at radius 3 is 1.00 bits per heavy atom. The highest BCUT2D eigenvalue weighted by molar-refractivity contribution is 6.23. The molecule has 2 nitrogen and oxygen atoms in total. The zero-order valence-corrected chi connectivity index (χ0v) is 41.1. The molecule has 13 rings (SSSR count). The van der Waals surface area contributed by atoms with Gasteiger partial charge in [0, 0.05) is 34.1 Å². The van der Waals surface area contributed by atoms with E-state index in [0.29, 0.717) is 11.8 Å². The summed E-state index contributed by atoms with van der Waals surface area (Å²) in [5.74, 6) is 1.30. The first kappa shape index (κ1) is 44.0. The van der Waals surface area contributed by atoms with Gasteiger partial charge in [0.15, 0.2) is 0 Å². The summed E-state index contributed by atoms with van der Waals surface area (Å²) < 4.78 is 0. The number of benzene rings is 11. The minimum Gasteiger partial charge on any atom is -0.310 e. The van der Waals surface area contributed by atoms with Gasteiger partial charge in [0.2, 0.25) is 0 Å². The van der Waals surface area contributed by atoms with Gasteiger partial charge in [-0.05, 0) is 199 Å². The molecule has 72 heavy (non-hydrogen) atoms. The molecule has 2 saturated carbocycles. The second-order valence-electron chi connectivity index (χ2n) is 20.5. The van der Waals surface area contributed by atoms with Crippen LogP contribution in [0.5, 0.6) is 0 Å². The highest BCUT2D eigenvalue weighted by Gasteiger charge is 2.24. The van der Waals surface area contributed by atoms with Gasteiger partial charge in [0.1, 0.15) is 0 Å². The van der Waals surface area contributed by atoms with Gasteiger partial charge in [-0.15, -0.1) is 0 Å². The van der Waals surface area contributed by atoms with Crippen molar-refractivity contribution >= 4 is 77.2 Å². The van der Waals surface area contributed by atoms with Gasteiger partial charge in [0.25, 0.3) is 0 Å². The molecule has 2 aliphatic carbocycles. The lowest BCUT2D eigenvalue weighted by Gasteiger charge is -2.29. The summed E-state index contributed by atoms with van der Waals surface area (Å²) in [6.45, 7) is 0. The van der Waals surface area contributed by atoms with Crippen LogP contribution in [-0.4, -0.2) is 0 Å². The summed E-state index contributed by atoms with van der Waals surface area (Å²) >= 11 is 0. The lowest BCUT2D eigenvalue weighted by atomic mass is 9.84. The molecule has 0 heterocycles. The number of nitrogens with zero attached hydrogens (tertiary/aromatic N) is 2. The Kier molecular flexibility index (Phi) is 11.8. The molecule has 0 bridgehead atoms. The van der Waals surface area contributed by atoms with Crippen LogP contribution in [0, 0.1) is 0 Å². The second kappa shape index (κ2) is 19.3. The average Bonchev–Trinajstić information content (AvgIpc) is 3.46. The van der Waals surface area contributed by atoms with E-state index >= 15 is 0 Å². The third-order valence-electron chi connectivity index (χ3n) is 16.2. The molecule has 11 aromatic rings. The van der Waals surface area contributed by atoms with Crippen molar-refractivity contribution in [1.29, 1.82) is 0 Å². The Bertz CT molecular complexity index is 3450. The van der Waals surface area contributed by atoms with E-state index in [1.54, 1.807) is 0 Å². The number of fused-ring (bicyclic) bond motifs is 4. The van der Waals surface area contributed by atoms with Gasteiger partial charge in [-0.1, -0.05) is 184 Å². The van der Waals surface area contributed by atoms with Gasteiger partial charge < -0.3 is 9.80 Å². The van der Waals surface area contributed by atoms with Crippen LogP contribution in [0.1, 0.15) is 87.2 Å². The van der Waals surface area contributed by atoms with E-state index in [4.69, 9.17) is 0 Å². The monoisotopic (exact) mass is 928 g/mol. The minimum absolute atomic E-state index is 0.650. The summed E-state index contributed by atoms with van der Waals surface area (Å²) in [7, 11) is 0. The molecule has 0 saturated heterocycles. The maximum atomic E-state index is 2.48. The fraction of sp³-hybridized carbons (Fsp3) is 0.171. The molecule has 0 aromatic heterocycles. The highest BCUT2D eigenvalue weighted by Crippen LogP contribution is 2.49. The van der Waals surface area contributed by atoms with Crippen LogP contribution in [0.2, 0.25) is 0 Å². The largest absolute Gasteiger partial charge is 0.310 e. The Morgan fingerprint density at radius 1 is 0.250 bits per heavy atom. The van der Waals surface area contributed by atoms with Crippen molar-refractivity contribution in [3.63, 3.8) is 0 Å². The van der Waals surface area contributed by atoms with Crippen molar-refractivity contribution in [2.45, 2.75) is 76.0 Å². The predicted molar refractivity (Wildman–Crippen MR) is 308 cm³/mol. The van der Waals surface area contributed by atoms with Crippen molar-refractivity contribution in [2.24, 2.45) is 0 Å². The zero-order chi connectivity index (χ0) is 47.8. The van der Waals surface area contributed by atoms with Crippen molar-refractivity contribution < 1.29 is 0 Å². The lowest BCUT2D eigenvalue weighted by Crippen LogP contribution is -2.11. The van der Waals surface area contributed by atoms with Crippen LogP contribution in [0.3, 0.4) is 0 Å². The Morgan fingerprint density at radius 2 is 0.597 bits per heavy atom. The van der Waals surface area contributed by atoms with Crippen LogP contribution in [0.25, 0.3) is 65.3 Å². The summed E-state index contributed by atoms with van der Waals surface area (Å²) in [6.07, 6.45) is 13.2. The smallest absolute Gasteiger partial charge is 0.0468 e. The quantitative estimate of drug-likeness (QED) is 0.126. The van der Waals surface area contributed by atoms with Gasteiger partial charge in [-0.25, -0.2) is 0 Å². The molecule has 0 spiro atoms. The van der Waals surface area contributed by atoms with E-state index < -0.39 is 0 Å². The van der Waals surface area contributed by atoms with E-state index in [2.05, 4.69) is 240 Å². The van der Waals surface area contributed by atoms with Gasteiger partial charge in [-0.2, -0.15) is 0 Å². The van der Waals surface area contributed by atoms with E-state index in [-0.39, 0.29) is 0 Å². The molecule has 0 atom stereocenters. The maximum absolute atomic E-state index is 2.48. The summed E-state index contributed by atoms with van der Waals surface area (Å²) in [5, 5.41) is 9.86. The topological polar surface area (TPSA) is 6.48 Å². The average molecular weight is 929 g/mol. The summed E-state index contributed by atoms with van der Waals surface area (Å²) in [6, 6.07) is 87.0. The molecule has 2 aliphatic rings. The van der Waals surface area contributed by atoms with E-state index in [9.17, 15) is 0 Å². The van der Waals surface area contributed by atoms with Crippen molar-refractivity contribution in [2.75, 3.05) is 9.80 Å². The van der Waals surface area contributed by atoms with Crippen LogP contribution in [0.4, 0.5) is 34.1 Å². The second-order valence-corrected chi connectivity index (χ2v) is 20.5. The third kappa shape index (κ3) is 8.39. The Balaban J connectivity index is 1.07. The van der Waals surface area contributed by atoms with Crippen LogP contribution >= 0.6 is 0 Å². The molecule has 11 aromatic carbocycles. The predicted octanol–water partition coefficient (Wildman–Crippen LogP) is 20.7. The van der Waals surface area contributed by atoms with Crippen molar-refractivity contribution in [3.8, 4) is 22.3 Å². The number of rotatable bonds is 10. The van der Waals surface area contributed by atoms with Gasteiger partial charge in [0.05, 0.1) is 0 Å². The molecule has 350 valence electrons. The molecule has 0 unspecified atom stereocenters. The van der Waals surface area contributed by atoms with E-state index in [1.165, 1.54) is 152 Å². The minimum atomic E-state index is 0.650. The Labute approximate surface area is 424 Å². The van der Waals surface area contributed by atoms with Crippen molar-refractivity contribution in [3.05, 3.63) is 242 Å². The number of anilines is 6. The molecule has 0 N–H and O–H groups in total. The lowest BCUT2D eigenvalue weighted by molar-refractivity contribution is 0.443. The SMILES string of the molecule is c1ccc(N(c2ccc(C3CCCCC3)cc2)c2ccc3c(-c4ccc5ccccc5c4)c4cc(N(c5ccccc5)c5ccc(C6CCCCC6)cc5)ccc4c(-c4ccc5ccccc5c4)c3c2)cc1. The standard InChI is InChI=1S/C70H60N2/c1-5-17-49(18-6-1)53-33-37-61(38-34-53)71(59-25-9-3-10-26-59)63-41-43-65-67(47-63)69(57-31-29-51-21-13-15-23-55(51)45-57)66-44-42-64(48-68(66)70(65)58-32-30-52-22-14-16-24-56(52)46-58)72(60-27-11-4-12-28-60)62-39-35-54(36-40-62)50-19-7-2-8-20-50/h3-4,9-16,21-50H,1-2,5-8,17-20H2. The molecule has 0 amide bonds. The first-order chi connectivity index (χ1) is 35.7.